The number of nitrogens with zero attached hydrogens (tertiary/aromatic N) is 1. The van der Waals surface area contributed by atoms with Crippen LogP contribution in [-0.2, 0) is 4.79 Å². The molecule has 0 saturated carbocycles. The topological polar surface area (TPSA) is 106 Å². The van der Waals surface area contributed by atoms with Crippen LogP contribution in [0.1, 0.15) is 40.3 Å². The summed E-state index contributed by atoms with van der Waals surface area (Å²) in [4.78, 5) is 37.4. The third-order valence-corrected chi connectivity index (χ3v) is 3.69. The molecule has 0 fully saturated rings. The molecule has 1 aromatic carbocycles. The molecule has 0 aliphatic carbocycles. The number of hydrogen-bond acceptors (Lipinski definition) is 4. The van der Waals surface area contributed by atoms with Crippen molar-refractivity contribution < 1.29 is 18.8 Å². The summed E-state index contributed by atoms with van der Waals surface area (Å²) in [5, 5.41) is 2.72. The van der Waals surface area contributed by atoms with Crippen LogP contribution in [0.2, 0.25) is 0 Å². The summed E-state index contributed by atoms with van der Waals surface area (Å²) in [7, 11) is 0. The first-order valence-electron chi connectivity index (χ1n) is 7.84. The van der Waals surface area contributed by atoms with Crippen molar-refractivity contribution in [3.8, 4) is 0 Å². The highest BCUT2D eigenvalue weighted by molar-refractivity contribution is 6.04. The van der Waals surface area contributed by atoms with E-state index in [4.69, 9.17) is 10.2 Å². The smallest absolute Gasteiger partial charge is 0.291 e. The van der Waals surface area contributed by atoms with Gasteiger partial charge >= 0.3 is 0 Å². The van der Waals surface area contributed by atoms with E-state index in [1.54, 1.807) is 44.2 Å². The number of carbonyl (C=O) groups is 3. The lowest BCUT2D eigenvalue weighted by atomic mass is 10.1. The number of nitrogens with two attached hydrogens (primary N) is 1. The van der Waals surface area contributed by atoms with Gasteiger partial charge in [-0.25, -0.2) is 0 Å². The second-order valence-corrected chi connectivity index (χ2v) is 5.95. The number of amides is 3. The van der Waals surface area contributed by atoms with Crippen LogP contribution in [0.3, 0.4) is 0 Å². The number of carbonyl (C=O) groups excluding carboxylic acids is 3. The number of primary amides is 1. The summed E-state index contributed by atoms with van der Waals surface area (Å²) in [6.45, 7) is 5.25. The molecule has 7 heteroatoms. The van der Waals surface area contributed by atoms with Crippen molar-refractivity contribution in [1.82, 2.24) is 4.90 Å². The van der Waals surface area contributed by atoms with Crippen LogP contribution in [0, 0.1) is 6.92 Å². The fraction of sp³-hybridized carbons (Fsp3) is 0.278. The summed E-state index contributed by atoms with van der Waals surface area (Å²) in [5.41, 5.74) is 6.87. The Morgan fingerprint density at radius 3 is 2.52 bits per heavy atom. The summed E-state index contributed by atoms with van der Waals surface area (Å²) in [6, 6.07) is 7.93. The Bertz CT molecular complexity index is 782. The molecule has 0 aliphatic rings. The normalized spacial score (nSPS) is 10.6. The molecule has 25 heavy (non-hydrogen) atoms. The molecule has 0 atom stereocenters. The maximum Gasteiger partial charge on any atom is 0.291 e. The van der Waals surface area contributed by atoms with E-state index >= 15 is 0 Å². The number of nitrogens with one attached hydrogen (secondary N) is 1. The molecule has 0 spiro atoms. The Morgan fingerprint density at radius 1 is 1.24 bits per heavy atom. The van der Waals surface area contributed by atoms with Gasteiger partial charge < -0.3 is 20.4 Å². The predicted octanol–water partition coefficient (Wildman–Crippen LogP) is 2.18. The fourth-order valence-electron chi connectivity index (χ4n) is 2.30. The van der Waals surface area contributed by atoms with E-state index in [1.807, 2.05) is 6.92 Å². The number of rotatable bonds is 6. The number of hydrogen-bond donors (Lipinski definition) is 2. The van der Waals surface area contributed by atoms with Gasteiger partial charge in [0.1, 0.15) is 0 Å². The number of benzene rings is 1. The van der Waals surface area contributed by atoms with Gasteiger partial charge in [0.2, 0.25) is 5.91 Å². The molecule has 132 valence electrons. The second-order valence-electron chi connectivity index (χ2n) is 5.95. The standard InChI is InChI=1S/C18H21N3O4/c1-11(2)21(10-16(19)22)18(24)13-7-6-12(3)14(9-13)20-17(23)15-5-4-8-25-15/h4-9,11H,10H2,1-3H3,(H2,19,22)(H,20,23). The zero-order chi connectivity index (χ0) is 18.6. The minimum atomic E-state index is -0.583. The Hall–Kier alpha value is -3.09. The third-order valence-electron chi connectivity index (χ3n) is 3.69. The molecule has 3 amide bonds. The molecule has 0 unspecified atom stereocenters. The van der Waals surface area contributed by atoms with Gasteiger partial charge in [-0.1, -0.05) is 6.07 Å². The average Bonchev–Trinajstić information content (AvgIpc) is 3.08. The quantitative estimate of drug-likeness (QED) is 0.838. The summed E-state index contributed by atoms with van der Waals surface area (Å²) < 4.78 is 5.06. The molecule has 2 rings (SSSR count). The van der Waals surface area contributed by atoms with Crippen molar-refractivity contribution in [3.05, 3.63) is 53.5 Å². The van der Waals surface area contributed by atoms with E-state index < -0.39 is 11.8 Å². The van der Waals surface area contributed by atoms with Crippen molar-refractivity contribution in [2.75, 3.05) is 11.9 Å². The maximum atomic E-state index is 12.7. The Morgan fingerprint density at radius 2 is 1.96 bits per heavy atom. The van der Waals surface area contributed by atoms with Gasteiger partial charge in [-0.2, -0.15) is 0 Å². The van der Waals surface area contributed by atoms with Crippen LogP contribution in [0.25, 0.3) is 0 Å². The first kappa shape index (κ1) is 18.3. The third kappa shape index (κ3) is 4.47. The molecule has 1 heterocycles. The van der Waals surface area contributed by atoms with Crippen LogP contribution in [-0.4, -0.2) is 35.2 Å². The molecular weight excluding hydrogens is 322 g/mol. The molecule has 1 aromatic heterocycles. The Kier molecular flexibility index (Phi) is 5.59. The van der Waals surface area contributed by atoms with Gasteiger partial charge in [0.15, 0.2) is 5.76 Å². The average molecular weight is 343 g/mol. The molecule has 0 aliphatic heterocycles. The lowest BCUT2D eigenvalue weighted by Crippen LogP contribution is -2.42. The van der Waals surface area contributed by atoms with E-state index in [9.17, 15) is 14.4 Å². The van der Waals surface area contributed by atoms with Crippen molar-refractivity contribution in [2.24, 2.45) is 5.73 Å². The first-order chi connectivity index (χ1) is 11.8. The molecular formula is C18H21N3O4. The highest BCUT2D eigenvalue weighted by atomic mass is 16.3. The summed E-state index contributed by atoms with van der Waals surface area (Å²) in [5.74, 6) is -1.15. The molecule has 7 nitrogen and oxygen atoms in total. The minimum Gasteiger partial charge on any atom is -0.459 e. The number of furan rings is 1. The lowest BCUT2D eigenvalue weighted by Gasteiger charge is -2.25. The van der Waals surface area contributed by atoms with Gasteiger partial charge in [0.05, 0.1) is 12.8 Å². The van der Waals surface area contributed by atoms with Crippen LogP contribution >= 0.6 is 0 Å². The Labute approximate surface area is 145 Å². The van der Waals surface area contributed by atoms with E-state index in [-0.39, 0.29) is 24.3 Å². The van der Waals surface area contributed by atoms with Crippen LogP contribution < -0.4 is 11.1 Å². The van der Waals surface area contributed by atoms with Crippen LogP contribution in [0.5, 0.6) is 0 Å². The van der Waals surface area contributed by atoms with Crippen molar-refractivity contribution in [3.63, 3.8) is 0 Å². The Balaban J connectivity index is 2.26. The monoisotopic (exact) mass is 343 g/mol. The zero-order valence-corrected chi connectivity index (χ0v) is 14.4. The van der Waals surface area contributed by atoms with Crippen molar-refractivity contribution >= 4 is 23.4 Å². The molecule has 3 N–H and O–H groups in total. The van der Waals surface area contributed by atoms with E-state index in [0.29, 0.717) is 11.3 Å². The zero-order valence-electron chi connectivity index (χ0n) is 14.4. The SMILES string of the molecule is Cc1ccc(C(=O)N(CC(N)=O)C(C)C)cc1NC(=O)c1ccco1. The number of aryl methyl sites for hydroxylation is 1. The van der Waals surface area contributed by atoms with Gasteiger partial charge in [-0.05, 0) is 50.6 Å². The van der Waals surface area contributed by atoms with E-state index in [1.165, 1.54) is 11.2 Å². The first-order valence-corrected chi connectivity index (χ1v) is 7.84. The number of anilines is 1. The summed E-state index contributed by atoms with van der Waals surface area (Å²) in [6.07, 6.45) is 1.41. The van der Waals surface area contributed by atoms with Gasteiger partial charge in [0.25, 0.3) is 11.8 Å². The van der Waals surface area contributed by atoms with E-state index in [0.717, 1.165) is 5.56 Å². The fourth-order valence-corrected chi connectivity index (χ4v) is 2.30. The molecule has 2 aromatic rings. The maximum absolute atomic E-state index is 12.7. The molecule has 0 bridgehead atoms. The lowest BCUT2D eigenvalue weighted by molar-refractivity contribution is -0.119. The van der Waals surface area contributed by atoms with Crippen molar-refractivity contribution in [1.29, 1.82) is 0 Å². The van der Waals surface area contributed by atoms with Crippen LogP contribution in [0.4, 0.5) is 5.69 Å². The van der Waals surface area contributed by atoms with Crippen molar-refractivity contribution in [2.45, 2.75) is 26.8 Å². The summed E-state index contributed by atoms with van der Waals surface area (Å²) >= 11 is 0. The van der Waals surface area contributed by atoms with Gasteiger partial charge in [-0.15, -0.1) is 0 Å². The van der Waals surface area contributed by atoms with E-state index in [2.05, 4.69) is 5.32 Å². The highest BCUT2D eigenvalue weighted by Gasteiger charge is 2.21. The van der Waals surface area contributed by atoms with Crippen LogP contribution in [0.15, 0.2) is 41.0 Å². The second kappa shape index (κ2) is 7.65. The van der Waals surface area contributed by atoms with Gasteiger partial charge in [-0.3, -0.25) is 14.4 Å². The molecule has 0 saturated heterocycles. The largest absolute Gasteiger partial charge is 0.459 e. The van der Waals surface area contributed by atoms with Gasteiger partial charge in [0, 0.05) is 17.3 Å². The molecule has 0 radical (unpaired) electrons. The predicted molar refractivity (Wildman–Crippen MR) is 93.2 cm³/mol. The highest BCUT2D eigenvalue weighted by Crippen LogP contribution is 2.20. The minimum absolute atomic E-state index is 0.168.